The van der Waals surface area contributed by atoms with Gasteiger partial charge in [-0.1, -0.05) is 56.0 Å². The second kappa shape index (κ2) is 11.0. The molecule has 1 aromatic carbocycles. The minimum absolute atomic E-state index is 0.0163. The van der Waals surface area contributed by atoms with Gasteiger partial charge >= 0.3 is 6.18 Å². The van der Waals surface area contributed by atoms with Gasteiger partial charge in [-0.3, -0.25) is 14.6 Å². The van der Waals surface area contributed by atoms with E-state index in [9.17, 15) is 22.8 Å². The fourth-order valence-corrected chi connectivity index (χ4v) is 3.51. The lowest BCUT2D eigenvalue weighted by molar-refractivity contribution is -0.141. The van der Waals surface area contributed by atoms with Crippen LogP contribution in [0.25, 0.3) is 16.8 Å². The molecule has 0 aliphatic rings. The molecule has 2 heterocycles. The summed E-state index contributed by atoms with van der Waals surface area (Å²) in [6.07, 6.45) is 2.00. The molecule has 0 saturated heterocycles. The molecule has 0 aliphatic carbocycles. The second-order valence-electron chi connectivity index (χ2n) is 8.15. The van der Waals surface area contributed by atoms with E-state index in [2.05, 4.69) is 23.5 Å². The van der Waals surface area contributed by atoms with Crippen LogP contribution >= 0.6 is 0 Å². The fourth-order valence-electron chi connectivity index (χ4n) is 3.51. The van der Waals surface area contributed by atoms with E-state index in [4.69, 9.17) is 0 Å². The van der Waals surface area contributed by atoms with E-state index in [0.717, 1.165) is 24.3 Å². The van der Waals surface area contributed by atoms with Crippen LogP contribution in [-0.4, -0.2) is 22.0 Å². The average Bonchev–Trinajstić information content (AvgIpc) is 2.86. The Bertz CT molecular complexity index is 1390. The molecule has 3 aromatic rings. The predicted molar refractivity (Wildman–Crippen MR) is 135 cm³/mol. The molecular weight excluding hydrogens is 467 g/mol. The van der Waals surface area contributed by atoms with Gasteiger partial charge in [0.25, 0.3) is 5.91 Å². The average molecular weight is 494 g/mol. The van der Waals surface area contributed by atoms with Crippen molar-refractivity contribution in [3.63, 3.8) is 0 Å². The van der Waals surface area contributed by atoms with Crippen molar-refractivity contribution in [1.29, 1.82) is 0 Å². The standard InChI is InChI=1S/C28H26F3N3O2/c1-5-18(2)11-12-19(3)16-33-27(36)23-17-34(22-9-7-6-8-10-22)20(4)25(26(23)35)21-13-14-32-24(15-21)28(29,30)31/h6-15,17H,2-3,5,16H2,1,4H3,(H,33,36)/b12-11-. The van der Waals surface area contributed by atoms with Gasteiger partial charge in [-0.05, 0) is 48.7 Å². The van der Waals surface area contributed by atoms with Crippen LogP contribution in [0.3, 0.4) is 0 Å². The van der Waals surface area contributed by atoms with E-state index < -0.39 is 23.2 Å². The summed E-state index contributed by atoms with van der Waals surface area (Å²) in [7, 11) is 0. The number of hydrogen-bond acceptors (Lipinski definition) is 3. The molecule has 0 saturated carbocycles. The third-order valence-corrected chi connectivity index (χ3v) is 5.56. The van der Waals surface area contributed by atoms with Crippen molar-refractivity contribution < 1.29 is 18.0 Å². The van der Waals surface area contributed by atoms with E-state index in [0.29, 0.717) is 17.0 Å². The quantitative estimate of drug-likeness (QED) is 0.390. The number of nitrogens with zero attached hydrogens (tertiary/aromatic N) is 2. The van der Waals surface area contributed by atoms with Crippen molar-refractivity contribution in [2.75, 3.05) is 6.54 Å². The second-order valence-corrected chi connectivity index (χ2v) is 8.15. The first-order valence-corrected chi connectivity index (χ1v) is 11.2. The number of alkyl halides is 3. The molecule has 0 atom stereocenters. The molecule has 186 valence electrons. The lowest BCUT2D eigenvalue weighted by Crippen LogP contribution is -2.32. The van der Waals surface area contributed by atoms with Gasteiger partial charge in [0.05, 0.1) is 0 Å². The molecule has 1 amide bonds. The van der Waals surface area contributed by atoms with E-state index >= 15 is 0 Å². The van der Waals surface area contributed by atoms with E-state index in [1.165, 1.54) is 12.3 Å². The first-order valence-electron chi connectivity index (χ1n) is 11.2. The van der Waals surface area contributed by atoms with Gasteiger partial charge < -0.3 is 9.88 Å². The molecule has 8 heteroatoms. The van der Waals surface area contributed by atoms with Crippen LogP contribution in [0, 0.1) is 6.92 Å². The van der Waals surface area contributed by atoms with Gasteiger partial charge in [0.15, 0.2) is 0 Å². The van der Waals surface area contributed by atoms with Crippen LogP contribution in [0.5, 0.6) is 0 Å². The van der Waals surface area contributed by atoms with Gasteiger partial charge in [0, 0.05) is 35.9 Å². The Morgan fingerprint density at radius 2 is 1.78 bits per heavy atom. The number of aromatic nitrogens is 2. The third kappa shape index (κ3) is 6.07. The highest BCUT2D eigenvalue weighted by Crippen LogP contribution is 2.31. The summed E-state index contributed by atoms with van der Waals surface area (Å²) >= 11 is 0. The van der Waals surface area contributed by atoms with Gasteiger partial charge in [-0.15, -0.1) is 0 Å². The minimum Gasteiger partial charge on any atom is -0.348 e. The number of benzene rings is 1. The van der Waals surface area contributed by atoms with Crippen molar-refractivity contribution in [3.8, 4) is 16.8 Å². The van der Waals surface area contributed by atoms with E-state index in [-0.39, 0.29) is 23.2 Å². The number of pyridine rings is 2. The highest BCUT2D eigenvalue weighted by atomic mass is 19.4. The molecule has 5 nitrogen and oxygen atoms in total. The summed E-state index contributed by atoms with van der Waals surface area (Å²) in [6, 6.07) is 11.0. The number of halogens is 3. The molecule has 0 aliphatic heterocycles. The van der Waals surface area contributed by atoms with Gasteiger partial charge in [-0.25, -0.2) is 0 Å². The summed E-state index contributed by atoms with van der Waals surface area (Å²) in [6.45, 7) is 11.4. The molecular formula is C28H26F3N3O2. The Kier molecular flexibility index (Phi) is 8.09. The largest absolute Gasteiger partial charge is 0.433 e. The highest BCUT2D eigenvalue weighted by molar-refractivity contribution is 5.95. The topological polar surface area (TPSA) is 64.0 Å². The van der Waals surface area contributed by atoms with Gasteiger partial charge in [0.1, 0.15) is 11.3 Å². The predicted octanol–water partition coefficient (Wildman–Crippen LogP) is 6.04. The number of amides is 1. The SMILES string of the molecule is C=C(/C=C\C(=C)CNC(=O)c1cn(-c2ccccc2)c(C)c(-c2ccnc(C(F)(F)F)c2)c1=O)CC. The third-order valence-electron chi connectivity index (χ3n) is 5.56. The fraction of sp³-hybridized carbons (Fsp3) is 0.179. The molecule has 36 heavy (non-hydrogen) atoms. The maximum Gasteiger partial charge on any atom is 0.433 e. The molecule has 0 spiro atoms. The zero-order valence-corrected chi connectivity index (χ0v) is 20.0. The smallest absolute Gasteiger partial charge is 0.348 e. The number of hydrogen-bond donors (Lipinski definition) is 1. The molecule has 3 rings (SSSR count). The van der Waals surface area contributed by atoms with Crippen LogP contribution in [-0.2, 0) is 6.18 Å². The maximum absolute atomic E-state index is 13.5. The number of nitrogens with one attached hydrogen (secondary N) is 1. The number of para-hydroxylation sites is 1. The zero-order chi connectivity index (χ0) is 26.5. The Labute approximate surface area is 207 Å². The Morgan fingerprint density at radius 1 is 1.11 bits per heavy atom. The van der Waals surface area contributed by atoms with Crippen LogP contribution in [0.2, 0.25) is 0 Å². The minimum atomic E-state index is -4.69. The lowest BCUT2D eigenvalue weighted by Gasteiger charge is -2.18. The molecule has 1 N–H and O–H groups in total. The number of allylic oxidation sites excluding steroid dienone is 2. The van der Waals surface area contributed by atoms with Crippen molar-refractivity contribution >= 4 is 5.91 Å². The lowest BCUT2D eigenvalue weighted by atomic mass is 10.0. The monoisotopic (exact) mass is 493 g/mol. The summed E-state index contributed by atoms with van der Waals surface area (Å²) < 4.78 is 41.6. The summed E-state index contributed by atoms with van der Waals surface area (Å²) in [5, 5.41) is 2.67. The van der Waals surface area contributed by atoms with Crippen LogP contribution in [0.4, 0.5) is 13.2 Å². The molecule has 0 unspecified atom stereocenters. The Balaban J connectivity index is 2.10. The zero-order valence-electron chi connectivity index (χ0n) is 20.0. The number of carbonyl (C=O) groups excluding carboxylic acids is 1. The number of rotatable bonds is 8. The normalized spacial score (nSPS) is 11.5. The van der Waals surface area contributed by atoms with Crippen molar-refractivity contribution in [2.24, 2.45) is 0 Å². The Hall–Kier alpha value is -4.20. The highest BCUT2D eigenvalue weighted by Gasteiger charge is 2.33. The van der Waals surface area contributed by atoms with Crippen LogP contribution in [0.1, 0.15) is 35.1 Å². The first kappa shape index (κ1) is 26.4. The maximum atomic E-state index is 13.5. The summed E-state index contributed by atoms with van der Waals surface area (Å²) in [4.78, 5) is 29.9. The van der Waals surface area contributed by atoms with Crippen molar-refractivity contribution in [1.82, 2.24) is 14.9 Å². The molecule has 0 bridgehead atoms. The Morgan fingerprint density at radius 3 is 2.42 bits per heavy atom. The van der Waals surface area contributed by atoms with Crippen LogP contribution in [0.15, 0.2) is 96.1 Å². The van der Waals surface area contributed by atoms with E-state index in [1.54, 1.807) is 54.0 Å². The van der Waals surface area contributed by atoms with E-state index in [1.807, 2.05) is 6.92 Å². The van der Waals surface area contributed by atoms with Crippen LogP contribution < -0.4 is 10.7 Å². The summed E-state index contributed by atoms with van der Waals surface area (Å²) in [5.74, 6) is -0.667. The van der Waals surface area contributed by atoms with Crippen molar-refractivity contribution in [3.05, 3.63) is 118 Å². The van der Waals surface area contributed by atoms with Crippen molar-refractivity contribution in [2.45, 2.75) is 26.4 Å². The first-order chi connectivity index (χ1) is 17.0. The van der Waals surface area contributed by atoms with Gasteiger partial charge in [0.2, 0.25) is 5.43 Å². The molecule has 0 radical (unpaired) electrons. The summed E-state index contributed by atoms with van der Waals surface area (Å²) in [5.41, 5.74) is 0.494. The number of carbonyl (C=O) groups is 1. The molecule has 2 aromatic heterocycles. The molecule has 0 fully saturated rings. The van der Waals surface area contributed by atoms with Gasteiger partial charge in [-0.2, -0.15) is 13.2 Å².